The number of phenols is 1. The maximum atomic E-state index is 12.7. The van der Waals surface area contributed by atoms with Gasteiger partial charge >= 0.3 is 5.97 Å². The van der Waals surface area contributed by atoms with Crippen molar-refractivity contribution in [2.24, 2.45) is 0 Å². The first-order valence-electron chi connectivity index (χ1n) is 9.94. The fourth-order valence-electron chi connectivity index (χ4n) is 3.47. The minimum absolute atomic E-state index is 0. The number of aromatic nitrogens is 3. The number of nitrogens with one attached hydrogen (secondary N) is 1. The molecule has 1 aliphatic heterocycles. The number of carbonyl (C=O) groups is 2. The number of nitrogens with zero attached hydrogens (tertiary/aromatic N) is 4. The molecule has 3 aromatic rings. The summed E-state index contributed by atoms with van der Waals surface area (Å²) in [6, 6.07) is 6.39. The zero-order valence-electron chi connectivity index (χ0n) is 17.5. The number of hydrogen-bond acceptors (Lipinski definition) is 9. The van der Waals surface area contributed by atoms with Crippen LogP contribution in [0.2, 0.25) is 0 Å². The topological polar surface area (TPSA) is 118 Å². The Morgan fingerprint density at radius 2 is 2.03 bits per heavy atom. The number of amides is 1. The molecule has 10 heteroatoms. The van der Waals surface area contributed by atoms with E-state index in [1.165, 1.54) is 17.4 Å². The second-order valence-corrected chi connectivity index (χ2v) is 9.22. The maximum absolute atomic E-state index is 12.7. The monoisotopic (exact) mass is 457 g/mol. The van der Waals surface area contributed by atoms with Gasteiger partial charge in [-0.25, -0.2) is 4.79 Å². The molecule has 1 aliphatic rings. The highest BCUT2D eigenvalue weighted by molar-refractivity contribution is 7.19. The fourth-order valence-corrected chi connectivity index (χ4v) is 4.29. The van der Waals surface area contributed by atoms with Gasteiger partial charge in [0.2, 0.25) is 10.3 Å². The molecule has 0 saturated carbocycles. The van der Waals surface area contributed by atoms with Gasteiger partial charge in [0, 0.05) is 18.1 Å². The van der Waals surface area contributed by atoms with Crippen LogP contribution in [0.25, 0.3) is 10.9 Å². The molecule has 2 aromatic heterocycles. The maximum Gasteiger partial charge on any atom is 0.329 e. The third-order valence-corrected chi connectivity index (χ3v) is 5.68. The molecule has 4 rings (SSSR count). The number of pyridine rings is 1. The summed E-state index contributed by atoms with van der Waals surface area (Å²) in [4.78, 5) is 31.2. The second-order valence-electron chi connectivity index (χ2n) is 8.27. The van der Waals surface area contributed by atoms with Gasteiger partial charge in [-0.15, -0.1) is 10.2 Å². The van der Waals surface area contributed by atoms with Crippen LogP contribution in [0.5, 0.6) is 5.75 Å². The third kappa shape index (κ3) is 4.80. The first kappa shape index (κ1) is 23.4. The lowest BCUT2D eigenvalue weighted by molar-refractivity contribution is -0.156. The number of ether oxygens (including phenoxy) is 1. The Morgan fingerprint density at radius 3 is 2.78 bits per heavy atom. The number of benzene rings is 1. The van der Waals surface area contributed by atoms with Crippen molar-refractivity contribution in [2.75, 3.05) is 16.8 Å². The highest BCUT2D eigenvalue weighted by atomic mass is 32.1. The summed E-state index contributed by atoms with van der Waals surface area (Å²) < 4.78 is 5.52. The van der Waals surface area contributed by atoms with Crippen LogP contribution in [0.15, 0.2) is 30.5 Å². The molecular weight excluding hydrogens is 430 g/mol. The van der Waals surface area contributed by atoms with Crippen LogP contribution >= 0.6 is 11.3 Å². The van der Waals surface area contributed by atoms with Crippen molar-refractivity contribution in [1.82, 2.24) is 15.2 Å². The Balaban J connectivity index is 0.00000289. The molecule has 1 unspecified atom stereocenters. The van der Waals surface area contributed by atoms with E-state index in [0.29, 0.717) is 23.6 Å². The molecule has 32 heavy (non-hydrogen) atoms. The lowest BCUT2D eigenvalue weighted by atomic mass is 10.1. The molecule has 170 valence electrons. The highest BCUT2D eigenvalue weighted by Crippen LogP contribution is 2.33. The van der Waals surface area contributed by atoms with Gasteiger partial charge < -0.3 is 14.7 Å². The predicted octanol–water partition coefficient (Wildman–Crippen LogP) is 3.99. The highest BCUT2D eigenvalue weighted by Gasteiger charge is 2.36. The van der Waals surface area contributed by atoms with Crippen molar-refractivity contribution in [3.8, 4) is 5.75 Å². The third-order valence-electron chi connectivity index (χ3n) is 4.80. The predicted molar refractivity (Wildman–Crippen MR) is 124 cm³/mol. The van der Waals surface area contributed by atoms with Gasteiger partial charge in [-0.2, -0.15) is 0 Å². The second kappa shape index (κ2) is 9.07. The molecule has 0 bridgehead atoms. The van der Waals surface area contributed by atoms with E-state index in [2.05, 4.69) is 20.5 Å². The van der Waals surface area contributed by atoms with Gasteiger partial charge in [-0.3, -0.25) is 15.1 Å². The van der Waals surface area contributed by atoms with E-state index in [0.717, 1.165) is 11.8 Å². The number of esters is 1. The van der Waals surface area contributed by atoms with E-state index in [4.69, 9.17) is 4.74 Å². The Bertz CT molecular complexity index is 1140. The molecule has 1 atom stereocenters. The summed E-state index contributed by atoms with van der Waals surface area (Å²) in [6.45, 7) is 6.16. The van der Waals surface area contributed by atoms with Crippen molar-refractivity contribution >= 4 is 44.4 Å². The van der Waals surface area contributed by atoms with E-state index in [1.54, 1.807) is 24.4 Å². The molecule has 0 radical (unpaired) electrons. The summed E-state index contributed by atoms with van der Waals surface area (Å²) in [5.41, 5.74) is -0.122. The van der Waals surface area contributed by atoms with Gasteiger partial charge in [0.1, 0.15) is 17.2 Å². The summed E-state index contributed by atoms with van der Waals surface area (Å²) in [5.74, 6) is -0.998. The Kier molecular flexibility index (Phi) is 6.63. The molecule has 0 aliphatic carbocycles. The molecule has 3 heterocycles. The molecule has 1 aromatic carbocycles. The van der Waals surface area contributed by atoms with E-state index >= 15 is 0 Å². The molecule has 2 N–H and O–H groups in total. The molecule has 9 nitrogen and oxygen atoms in total. The van der Waals surface area contributed by atoms with Crippen molar-refractivity contribution in [3.05, 3.63) is 36.0 Å². The summed E-state index contributed by atoms with van der Waals surface area (Å²) >= 11 is 1.17. The van der Waals surface area contributed by atoms with E-state index < -0.39 is 17.6 Å². The van der Waals surface area contributed by atoms with Gasteiger partial charge in [0.25, 0.3) is 5.91 Å². The first-order valence-corrected chi connectivity index (χ1v) is 10.8. The lowest BCUT2D eigenvalue weighted by Gasteiger charge is -2.26. The van der Waals surface area contributed by atoms with Crippen LogP contribution in [-0.4, -0.2) is 50.4 Å². The molecule has 0 spiro atoms. The smallest absolute Gasteiger partial charge is 0.329 e. The van der Waals surface area contributed by atoms with Crippen molar-refractivity contribution in [2.45, 2.75) is 52.7 Å². The number of hydrogen-bond donors (Lipinski definition) is 2. The van der Waals surface area contributed by atoms with Crippen LogP contribution in [0.1, 0.15) is 51.4 Å². The van der Waals surface area contributed by atoms with Gasteiger partial charge in [-0.1, -0.05) is 30.9 Å². The summed E-state index contributed by atoms with van der Waals surface area (Å²) in [6.07, 6.45) is 3.06. The first-order chi connectivity index (χ1) is 14.7. The van der Waals surface area contributed by atoms with Crippen LogP contribution < -0.4 is 10.2 Å². The van der Waals surface area contributed by atoms with Crippen LogP contribution in [0.4, 0.5) is 10.3 Å². The average Bonchev–Trinajstić information content (AvgIpc) is 3.36. The Labute approximate surface area is 190 Å². The zero-order valence-corrected chi connectivity index (χ0v) is 18.3. The quantitative estimate of drug-likeness (QED) is 0.565. The number of phenolic OH excluding ortho intramolecular Hbond substituents is 1. The van der Waals surface area contributed by atoms with E-state index in [1.807, 2.05) is 25.7 Å². The van der Waals surface area contributed by atoms with Gasteiger partial charge in [0.05, 0.1) is 5.56 Å². The Hall–Kier alpha value is -3.27. The molecule has 1 saturated heterocycles. The molecular formula is C22H27N5O4S. The normalized spacial score (nSPS) is 16.0. The van der Waals surface area contributed by atoms with E-state index in [-0.39, 0.29) is 29.8 Å². The minimum atomic E-state index is -0.567. The lowest BCUT2D eigenvalue weighted by Crippen LogP contribution is -2.40. The summed E-state index contributed by atoms with van der Waals surface area (Å²) in [5, 5.41) is 22.8. The van der Waals surface area contributed by atoms with Crippen LogP contribution in [-0.2, 0) is 9.53 Å². The Morgan fingerprint density at radius 1 is 1.25 bits per heavy atom. The van der Waals surface area contributed by atoms with Crippen molar-refractivity contribution in [3.63, 3.8) is 0 Å². The number of anilines is 2. The molecule has 1 fully saturated rings. The summed E-state index contributed by atoms with van der Waals surface area (Å²) in [7, 11) is 0. The average molecular weight is 458 g/mol. The van der Waals surface area contributed by atoms with Crippen molar-refractivity contribution in [1.29, 1.82) is 0 Å². The standard InChI is InChI=1S/C21H23N5O4S.CH4/c1-21(2,3)30-18(29)14-7-5-11-26(14)20-25-24-19(31-20)23-17(28)13-9-8-12-6-4-10-22-15(12)16(13)27;/h4,6,8-10,14,27H,5,7,11H2,1-3H3,(H,23,24,28);1H4. The number of aromatic hydroxyl groups is 1. The largest absolute Gasteiger partial charge is 0.505 e. The number of fused-ring (bicyclic) bond motifs is 1. The SMILES string of the molecule is C.CC(C)(C)OC(=O)C1CCCN1c1nnc(NC(=O)c2ccc3cccnc3c2O)s1. The van der Waals surface area contributed by atoms with Gasteiger partial charge in [-0.05, 0) is 45.7 Å². The van der Waals surface area contributed by atoms with Gasteiger partial charge in [0.15, 0.2) is 5.75 Å². The van der Waals surface area contributed by atoms with E-state index in [9.17, 15) is 14.7 Å². The molecule has 1 amide bonds. The minimum Gasteiger partial charge on any atom is -0.505 e. The fraction of sp³-hybridized carbons (Fsp3) is 0.409. The zero-order chi connectivity index (χ0) is 22.2. The van der Waals surface area contributed by atoms with Crippen LogP contribution in [0.3, 0.4) is 0 Å². The van der Waals surface area contributed by atoms with Crippen molar-refractivity contribution < 1.29 is 19.4 Å². The number of carbonyl (C=O) groups excluding carboxylic acids is 2. The van der Waals surface area contributed by atoms with Crippen LogP contribution in [0, 0.1) is 0 Å². The number of rotatable bonds is 4.